The predicted molar refractivity (Wildman–Crippen MR) is 58.2 cm³/mol. The zero-order chi connectivity index (χ0) is 10.6. The fraction of sp³-hybridized carbons (Fsp3) is 0.917. The second-order valence-electron chi connectivity index (χ2n) is 5.60. The molecular weight excluding hydrogens is 188 g/mol. The van der Waals surface area contributed by atoms with Crippen LogP contribution in [0.1, 0.15) is 46.0 Å². The number of rotatable bonds is 1. The highest BCUT2D eigenvalue weighted by molar-refractivity contribution is 5.89. The second-order valence-corrected chi connectivity index (χ2v) is 5.60. The second kappa shape index (κ2) is 2.97. The molecule has 3 nitrogen and oxygen atoms in total. The Kier molecular flexibility index (Phi) is 1.91. The molecule has 3 atom stereocenters. The molecule has 84 valence electrons. The molecule has 3 aliphatic rings. The van der Waals surface area contributed by atoms with E-state index in [1.807, 2.05) is 0 Å². The van der Waals surface area contributed by atoms with Crippen molar-refractivity contribution < 1.29 is 4.79 Å². The van der Waals surface area contributed by atoms with Crippen molar-refractivity contribution in [1.29, 1.82) is 0 Å². The Morgan fingerprint density at radius 1 is 1.33 bits per heavy atom. The van der Waals surface area contributed by atoms with Crippen molar-refractivity contribution in [3.05, 3.63) is 0 Å². The van der Waals surface area contributed by atoms with Gasteiger partial charge in [0.25, 0.3) is 0 Å². The largest absolute Gasteiger partial charge is 0.323 e. The molecule has 1 spiro atoms. The third-order valence-electron chi connectivity index (χ3n) is 4.43. The van der Waals surface area contributed by atoms with Crippen molar-refractivity contribution in [1.82, 2.24) is 10.2 Å². The molecule has 1 heterocycles. The van der Waals surface area contributed by atoms with Crippen LogP contribution in [-0.2, 0) is 4.79 Å². The number of carbonyl (C=O) groups is 1. The fourth-order valence-electron chi connectivity index (χ4n) is 3.42. The van der Waals surface area contributed by atoms with Gasteiger partial charge in [0.05, 0.1) is 11.7 Å². The molecule has 1 aliphatic heterocycles. The van der Waals surface area contributed by atoms with Gasteiger partial charge in [0.2, 0.25) is 5.91 Å². The van der Waals surface area contributed by atoms with Crippen LogP contribution < -0.4 is 5.32 Å². The molecular formula is C12H20N2O. The number of carbonyl (C=O) groups excluding carboxylic acids is 1. The molecule has 3 rings (SSSR count). The molecule has 0 aromatic carbocycles. The van der Waals surface area contributed by atoms with Gasteiger partial charge in [0.1, 0.15) is 0 Å². The summed E-state index contributed by atoms with van der Waals surface area (Å²) in [5, 5.41) is 3.55. The summed E-state index contributed by atoms with van der Waals surface area (Å²) in [6.07, 6.45) is 5.97. The Balaban J connectivity index is 1.83. The Morgan fingerprint density at radius 3 is 2.47 bits per heavy atom. The standard InChI is InChI=1S/C12H20N2O/c1-8-7-10(8)14-9(2)13-12(11(14)15)5-3-4-6-12/h8-10,13H,3-7H2,1-2H3. The molecule has 3 fully saturated rings. The Hall–Kier alpha value is -0.570. The van der Waals surface area contributed by atoms with Crippen LogP contribution in [0.5, 0.6) is 0 Å². The van der Waals surface area contributed by atoms with Crippen LogP contribution in [-0.4, -0.2) is 28.6 Å². The third-order valence-corrected chi connectivity index (χ3v) is 4.43. The maximum absolute atomic E-state index is 12.4. The van der Waals surface area contributed by atoms with Crippen molar-refractivity contribution >= 4 is 5.91 Å². The summed E-state index contributed by atoms with van der Waals surface area (Å²) in [5.41, 5.74) is -0.165. The quantitative estimate of drug-likeness (QED) is 0.708. The molecule has 3 heteroatoms. The van der Waals surface area contributed by atoms with E-state index in [0.29, 0.717) is 11.9 Å². The van der Waals surface area contributed by atoms with Gasteiger partial charge < -0.3 is 4.90 Å². The van der Waals surface area contributed by atoms with Crippen LogP contribution in [0.3, 0.4) is 0 Å². The number of hydrogen-bond acceptors (Lipinski definition) is 2. The Morgan fingerprint density at radius 2 is 1.93 bits per heavy atom. The van der Waals surface area contributed by atoms with Crippen molar-refractivity contribution in [2.75, 3.05) is 0 Å². The van der Waals surface area contributed by atoms with E-state index >= 15 is 0 Å². The van der Waals surface area contributed by atoms with Gasteiger partial charge in [-0.25, -0.2) is 0 Å². The summed E-state index contributed by atoms with van der Waals surface area (Å²) in [6.45, 7) is 4.38. The summed E-state index contributed by atoms with van der Waals surface area (Å²) in [5.74, 6) is 1.11. The van der Waals surface area contributed by atoms with Crippen LogP contribution >= 0.6 is 0 Å². The van der Waals surface area contributed by atoms with Crippen LogP contribution in [0.4, 0.5) is 0 Å². The van der Waals surface area contributed by atoms with Crippen molar-refractivity contribution in [2.24, 2.45) is 5.92 Å². The van der Waals surface area contributed by atoms with Crippen LogP contribution in [0.25, 0.3) is 0 Å². The average Bonchev–Trinajstić information content (AvgIpc) is 2.64. The smallest absolute Gasteiger partial charge is 0.244 e. The lowest BCUT2D eigenvalue weighted by atomic mass is 9.98. The van der Waals surface area contributed by atoms with E-state index < -0.39 is 0 Å². The highest BCUT2D eigenvalue weighted by Crippen LogP contribution is 2.43. The molecule has 15 heavy (non-hydrogen) atoms. The fourth-order valence-corrected chi connectivity index (χ4v) is 3.42. The van der Waals surface area contributed by atoms with Crippen molar-refractivity contribution in [3.8, 4) is 0 Å². The zero-order valence-corrected chi connectivity index (χ0v) is 9.62. The van der Waals surface area contributed by atoms with Gasteiger partial charge in [0, 0.05) is 6.04 Å². The van der Waals surface area contributed by atoms with Gasteiger partial charge in [-0.1, -0.05) is 19.8 Å². The van der Waals surface area contributed by atoms with Gasteiger partial charge in [0.15, 0.2) is 0 Å². The summed E-state index contributed by atoms with van der Waals surface area (Å²) < 4.78 is 0. The highest BCUT2D eigenvalue weighted by Gasteiger charge is 2.56. The molecule has 0 aromatic rings. The molecule has 1 N–H and O–H groups in total. The SMILES string of the molecule is CC1CC1N1C(=O)C2(CCCC2)NC1C. The van der Waals surface area contributed by atoms with E-state index in [2.05, 4.69) is 24.1 Å². The Bertz CT molecular complexity index is 296. The molecule has 0 radical (unpaired) electrons. The predicted octanol–water partition coefficient (Wildman–Crippen LogP) is 1.49. The normalized spacial score (nSPS) is 42.9. The monoisotopic (exact) mass is 208 g/mol. The van der Waals surface area contributed by atoms with E-state index in [-0.39, 0.29) is 11.7 Å². The molecule has 0 aromatic heterocycles. The number of nitrogens with one attached hydrogen (secondary N) is 1. The maximum Gasteiger partial charge on any atom is 0.244 e. The maximum atomic E-state index is 12.4. The molecule has 0 bridgehead atoms. The topological polar surface area (TPSA) is 32.3 Å². The highest BCUT2D eigenvalue weighted by atomic mass is 16.2. The van der Waals surface area contributed by atoms with Gasteiger partial charge in [-0.3, -0.25) is 10.1 Å². The van der Waals surface area contributed by atoms with E-state index in [0.717, 1.165) is 18.8 Å². The Labute approximate surface area is 91.2 Å². The number of hydrogen-bond donors (Lipinski definition) is 1. The van der Waals surface area contributed by atoms with E-state index in [1.165, 1.54) is 19.3 Å². The zero-order valence-electron chi connectivity index (χ0n) is 9.62. The number of nitrogens with zero attached hydrogens (tertiary/aromatic N) is 1. The van der Waals surface area contributed by atoms with Crippen LogP contribution in [0, 0.1) is 5.92 Å². The average molecular weight is 208 g/mol. The molecule has 2 saturated carbocycles. The minimum atomic E-state index is -0.165. The van der Waals surface area contributed by atoms with Crippen molar-refractivity contribution in [2.45, 2.75) is 63.7 Å². The van der Waals surface area contributed by atoms with Gasteiger partial charge >= 0.3 is 0 Å². The van der Waals surface area contributed by atoms with E-state index in [9.17, 15) is 4.79 Å². The first-order chi connectivity index (χ1) is 7.14. The van der Waals surface area contributed by atoms with Crippen LogP contribution in [0.2, 0.25) is 0 Å². The minimum absolute atomic E-state index is 0.165. The van der Waals surface area contributed by atoms with E-state index in [1.54, 1.807) is 0 Å². The lowest BCUT2D eigenvalue weighted by Crippen LogP contribution is -2.44. The summed E-state index contributed by atoms with van der Waals surface area (Å²) in [6, 6.07) is 0.528. The molecule has 1 saturated heterocycles. The lowest BCUT2D eigenvalue weighted by Gasteiger charge is -2.22. The minimum Gasteiger partial charge on any atom is -0.323 e. The summed E-state index contributed by atoms with van der Waals surface area (Å²) >= 11 is 0. The van der Waals surface area contributed by atoms with Crippen molar-refractivity contribution in [3.63, 3.8) is 0 Å². The van der Waals surface area contributed by atoms with Gasteiger partial charge in [-0.05, 0) is 32.1 Å². The molecule has 2 aliphatic carbocycles. The molecule has 1 amide bonds. The lowest BCUT2D eigenvalue weighted by molar-refractivity contribution is -0.133. The number of amides is 1. The third kappa shape index (κ3) is 1.25. The first-order valence-electron chi connectivity index (χ1n) is 6.24. The molecule has 3 unspecified atom stereocenters. The van der Waals surface area contributed by atoms with E-state index in [4.69, 9.17) is 0 Å². The first-order valence-corrected chi connectivity index (χ1v) is 6.24. The van der Waals surface area contributed by atoms with Gasteiger partial charge in [-0.15, -0.1) is 0 Å². The first kappa shape index (κ1) is 9.64. The van der Waals surface area contributed by atoms with Crippen LogP contribution in [0.15, 0.2) is 0 Å². The summed E-state index contributed by atoms with van der Waals surface area (Å²) in [4.78, 5) is 14.6. The van der Waals surface area contributed by atoms with Gasteiger partial charge in [-0.2, -0.15) is 0 Å². The summed E-state index contributed by atoms with van der Waals surface area (Å²) in [7, 11) is 0.